The van der Waals surface area contributed by atoms with Crippen molar-refractivity contribution in [1.29, 1.82) is 0 Å². The van der Waals surface area contributed by atoms with Gasteiger partial charge in [-0.2, -0.15) is 0 Å². The fourth-order valence-electron chi connectivity index (χ4n) is 5.64. The van der Waals surface area contributed by atoms with Crippen LogP contribution in [0, 0.1) is 5.92 Å². The van der Waals surface area contributed by atoms with E-state index < -0.39 is 10.0 Å². The molecule has 6 rings (SSSR count). The first-order valence-corrected chi connectivity index (χ1v) is 14.9. The van der Waals surface area contributed by atoms with E-state index in [1.807, 2.05) is 72.8 Å². The van der Waals surface area contributed by atoms with Gasteiger partial charge in [-0.1, -0.05) is 84.9 Å². The summed E-state index contributed by atoms with van der Waals surface area (Å²) in [4.78, 5) is 0.313. The molecule has 39 heavy (non-hydrogen) atoms. The number of anilines is 1. The minimum atomic E-state index is -3.60. The molecular formula is C33H32N2O3S. The molecule has 0 spiro atoms. The molecule has 2 N–H and O–H groups in total. The molecular weight excluding hydrogens is 504 g/mol. The highest BCUT2D eigenvalue weighted by Crippen LogP contribution is 2.50. The monoisotopic (exact) mass is 536 g/mol. The van der Waals surface area contributed by atoms with Gasteiger partial charge in [0, 0.05) is 18.2 Å². The third-order valence-electron chi connectivity index (χ3n) is 7.68. The summed E-state index contributed by atoms with van der Waals surface area (Å²) in [7, 11) is -3.60. The zero-order valence-corrected chi connectivity index (χ0v) is 22.5. The van der Waals surface area contributed by atoms with Crippen molar-refractivity contribution in [3.63, 3.8) is 0 Å². The Morgan fingerprint density at radius 1 is 0.846 bits per heavy atom. The quantitative estimate of drug-likeness (QED) is 0.236. The van der Waals surface area contributed by atoms with Crippen LogP contribution in [-0.4, -0.2) is 15.0 Å². The average molecular weight is 537 g/mol. The number of sulfonamides is 1. The van der Waals surface area contributed by atoms with Crippen LogP contribution < -0.4 is 14.8 Å². The Kier molecular flexibility index (Phi) is 7.22. The number of fused-ring (bicyclic) bond motifs is 3. The number of rotatable bonds is 9. The minimum Gasteiger partial charge on any atom is -0.489 e. The number of hydrogen-bond donors (Lipinski definition) is 2. The van der Waals surface area contributed by atoms with Crippen LogP contribution in [0.4, 0.5) is 5.69 Å². The number of ether oxygens (including phenoxy) is 1. The van der Waals surface area contributed by atoms with Crippen LogP contribution in [0.5, 0.6) is 5.75 Å². The van der Waals surface area contributed by atoms with E-state index in [0.717, 1.165) is 34.5 Å². The van der Waals surface area contributed by atoms with Crippen molar-refractivity contribution in [3.8, 4) is 5.75 Å². The lowest BCUT2D eigenvalue weighted by atomic mass is 9.77. The molecule has 0 saturated heterocycles. The van der Waals surface area contributed by atoms with Crippen molar-refractivity contribution in [2.24, 2.45) is 5.92 Å². The molecule has 198 valence electrons. The Balaban J connectivity index is 1.16. The molecule has 1 aliphatic carbocycles. The molecule has 0 fully saturated rings. The minimum absolute atomic E-state index is 0.132. The molecule has 0 aromatic heterocycles. The maximum atomic E-state index is 13.1. The van der Waals surface area contributed by atoms with Crippen LogP contribution in [0.2, 0.25) is 0 Å². The van der Waals surface area contributed by atoms with Crippen LogP contribution in [0.15, 0.2) is 120 Å². The van der Waals surface area contributed by atoms with Crippen LogP contribution >= 0.6 is 0 Å². The van der Waals surface area contributed by atoms with Crippen LogP contribution in [-0.2, 0) is 23.1 Å². The van der Waals surface area contributed by atoms with Crippen LogP contribution in [0.3, 0.4) is 0 Å². The van der Waals surface area contributed by atoms with Gasteiger partial charge in [-0.05, 0) is 71.3 Å². The fraction of sp³-hybridized carbons (Fsp3) is 0.212. The van der Waals surface area contributed by atoms with Crippen molar-refractivity contribution in [1.82, 2.24) is 4.72 Å². The van der Waals surface area contributed by atoms with Gasteiger partial charge in [-0.3, -0.25) is 0 Å². The summed E-state index contributed by atoms with van der Waals surface area (Å²) in [6.07, 6.45) is 6.04. The van der Waals surface area contributed by atoms with E-state index in [1.165, 1.54) is 5.56 Å². The molecule has 3 atom stereocenters. The number of benzene rings is 4. The molecule has 3 unspecified atom stereocenters. The second-order valence-corrected chi connectivity index (χ2v) is 12.0. The van der Waals surface area contributed by atoms with Gasteiger partial charge >= 0.3 is 0 Å². The van der Waals surface area contributed by atoms with Crippen molar-refractivity contribution in [2.45, 2.75) is 36.3 Å². The van der Waals surface area contributed by atoms with E-state index >= 15 is 0 Å². The fourth-order valence-corrected chi connectivity index (χ4v) is 6.71. The summed E-state index contributed by atoms with van der Waals surface area (Å²) in [6, 6.07) is 34.0. The zero-order chi connectivity index (χ0) is 26.7. The Hall–Kier alpha value is -3.87. The SMILES string of the molecule is O=S(=O)(NCCc1ccccc1)c1ccc2c(c1)C1C=CCC1C(c1ccc(OCc3ccccc3)cc1)N2. The van der Waals surface area contributed by atoms with Gasteiger partial charge in [-0.15, -0.1) is 0 Å². The molecule has 4 aromatic rings. The predicted molar refractivity (Wildman–Crippen MR) is 155 cm³/mol. The summed E-state index contributed by atoms with van der Waals surface area (Å²) in [6.45, 7) is 0.900. The highest BCUT2D eigenvalue weighted by Gasteiger charge is 2.38. The molecule has 0 amide bonds. The molecule has 4 aromatic carbocycles. The van der Waals surface area contributed by atoms with Crippen molar-refractivity contribution in [2.75, 3.05) is 11.9 Å². The van der Waals surface area contributed by atoms with Gasteiger partial charge in [0.25, 0.3) is 0 Å². The molecule has 1 aliphatic heterocycles. The van der Waals surface area contributed by atoms with Gasteiger partial charge < -0.3 is 10.1 Å². The molecule has 0 bridgehead atoms. The first-order chi connectivity index (χ1) is 19.1. The van der Waals surface area contributed by atoms with Crippen LogP contribution in [0.25, 0.3) is 0 Å². The van der Waals surface area contributed by atoms with Crippen molar-refractivity contribution in [3.05, 3.63) is 138 Å². The van der Waals surface area contributed by atoms with E-state index in [1.54, 1.807) is 6.07 Å². The van der Waals surface area contributed by atoms with Gasteiger partial charge in [0.05, 0.1) is 10.9 Å². The molecule has 2 aliphatic rings. The number of nitrogens with one attached hydrogen (secondary N) is 2. The van der Waals surface area contributed by atoms with Crippen molar-refractivity contribution < 1.29 is 13.2 Å². The van der Waals surface area contributed by atoms with E-state index in [-0.39, 0.29) is 12.0 Å². The second-order valence-electron chi connectivity index (χ2n) is 10.2. The summed E-state index contributed by atoms with van der Waals surface area (Å²) in [5, 5.41) is 3.71. The molecule has 5 nitrogen and oxygen atoms in total. The third-order valence-corrected chi connectivity index (χ3v) is 9.14. The highest BCUT2D eigenvalue weighted by molar-refractivity contribution is 7.89. The topological polar surface area (TPSA) is 67.4 Å². The molecule has 0 saturated carbocycles. The average Bonchev–Trinajstić information content (AvgIpc) is 3.47. The third kappa shape index (κ3) is 5.63. The summed E-state index contributed by atoms with van der Waals surface area (Å²) < 4.78 is 35.0. The van der Waals surface area contributed by atoms with E-state index in [4.69, 9.17) is 4.74 Å². The number of allylic oxidation sites excluding steroid dienone is 2. The highest BCUT2D eigenvalue weighted by atomic mass is 32.2. The van der Waals surface area contributed by atoms with Gasteiger partial charge in [0.1, 0.15) is 12.4 Å². The first kappa shape index (κ1) is 25.4. The first-order valence-electron chi connectivity index (χ1n) is 13.4. The summed E-state index contributed by atoms with van der Waals surface area (Å²) in [5.41, 5.74) is 5.47. The molecule has 6 heteroatoms. The largest absolute Gasteiger partial charge is 0.489 e. The standard InChI is InChI=1S/C33H32N2O3S/c36-39(37,34-21-20-24-8-3-1-4-9-24)28-18-19-32-31(22-28)29-12-7-13-30(29)33(35-32)26-14-16-27(17-15-26)38-23-25-10-5-2-6-11-25/h1-12,14-19,22,29-30,33-35H,13,20-21,23H2. The van der Waals surface area contributed by atoms with Crippen molar-refractivity contribution >= 4 is 15.7 Å². The Labute approximate surface area is 230 Å². The second kappa shape index (κ2) is 11.1. The molecule has 1 heterocycles. The Morgan fingerprint density at radius 2 is 1.56 bits per heavy atom. The predicted octanol–water partition coefficient (Wildman–Crippen LogP) is 6.61. The maximum absolute atomic E-state index is 13.1. The summed E-state index contributed by atoms with van der Waals surface area (Å²) >= 11 is 0. The van der Waals surface area contributed by atoms with Gasteiger partial charge in [0.15, 0.2) is 0 Å². The molecule has 0 radical (unpaired) electrons. The van der Waals surface area contributed by atoms with Gasteiger partial charge in [0.2, 0.25) is 10.0 Å². The normalized spacial score (nSPS) is 19.6. The Morgan fingerprint density at radius 3 is 2.31 bits per heavy atom. The van der Waals surface area contributed by atoms with E-state index in [0.29, 0.717) is 30.4 Å². The lowest BCUT2D eigenvalue weighted by Crippen LogP contribution is -2.30. The van der Waals surface area contributed by atoms with Gasteiger partial charge in [-0.25, -0.2) is 13.1 Å². The van der Waals surface area contributed by atoms with Crippen LogP contribution in [0.1, 0.15) is 40.6 Å². The lowest BCUT2D eigenvalue weighted by Gasteiger charge is -2.37. The van der Waals surface area contributed by atoms with E-state index in [9.17, 15) is 8.42 Å². The summed E-state index contributed by atoms with van der Waals surface area (Å²) in [5.74, 6) is 1.33. The Bertz CT molecular complexity index is 1550. The smallest absolute Gasteiger partial charge is 0.240 e. The lowest BCUT2D eigenvalue weighted by molar-refractivity contribution is 0.306. The number of hydrogen-bond acceptors (Lipinski definition) is 4. The maximum Gasteiger partial charge on any atom is 0.240 e. The van der Waals surface area contributed by atoms with E-state index in [2.05, 4.69) is 46.5 Å². The zero-order valence-electron chi connectivity index (χ0n) is 21.7.